The van der Waals surface area contributed by atoms with E-state index in [-0.39, 0.29) is 24.7 Å². The van der Waals surface area contributed by atoms with Gasteiger partial charge in [-0.25, -0.2) is 9.78 Å². The Morgan fingerprint density at radius 1 is 0.918 bits per heavy atom. The topological polar surface area (TPSA) is 167 Å². The molecule has 12 nitrogen and oxygen atoms in total. The number of benzene rings is 3. The molecule has 0 spiro atoms. The largest absolute Gasteiger partial charge is 0.465 e. The molecule has 2 atom stereocenters. The van der Waals surface area contributed by atoms with E-state index in [1.54, 1.807) is 33.9 Å². The Hall–Kier alpha value is -5.65. The summed E-state index contributed by atoms with van der Waals surface area (Å²) in [4.78, 5) is 63.9. The first kappa shape index (κ1) is 34.7. The number of alkyl carbamates (subject to hydrolysis) is 1. The van der Waals surface area contributed by atoms with Gasteiger partial charge in [-0.2, -0.15) is 0 Å². The summed E-state index contributed by atoms with van der Waals surface area (Å²) in [6.07, 6.45) is 2.58. The third kappa shape index (κ3) is 8.45. The van der Waals surface area contributed by atoms with Crippen molar-refractivity contribution in [2.75, 3.05) is 11.9 Å². The molecule has 0 fully saturated rings. The molecule has 5 rings (SSSR count). The highest BCUT2D eigenvalue weighted by Gasteiger charge is 2.35. The molecular weight excluding hydrogens is 624 g/mol. The SMILES string of the molecule is CCOC(=O)C(c1ccc2ccccc2c1)c1ncc(NC(=O)[C@@H](Cc2c[nH]c3ccccc23)NC(=O)C(C)(C)NC(=O)OC(C)(C)C)[nH]1. The first-order valence-corrected chi connectivity index (χ1v) is 16.1. The molecule has 1 unspecified atom stereocenters. The van der Waals surface area contributed by atoms with E-state index in [1.807, 2.05) is 66.7 Å². The second-order valence-corrected chi connectivity index (χ2v) is 13.3. The predicted molar refractivity (Wildman–Crippen MR) is 187 cm³/mol. The van der Waals surface area contributed by atoms with Crippen LogP contribution >= 0.6 is 0 Å². The highest BCUT2D eigenvalue weighted by Crippen LogP contribution is 2.28. The Kier molecular flexibility index (Phi) is 10.1. The molecule has 12 heteroatoms. The molecule has 49 heavy (non-hydrogen) atoms. The first-order chi connectivity index (χ1) is 23.2. The van der Waals surface area contributed by atoms with E-state index in [1.165, 1.54) is 20.0 Å². The number of anilines is 1. The molecule has 256 valence electrons. The van der Waals surface area contributed by atoms with Gasteiger partial charge >= 0.3 is 12.1 Å². The van der Waals surface area contributed by atoms with Gasteiger partial charge in [0.1, 0.15) is 34.7 Å². The summed E-state index contributed by atoms with van der Waals surface area (Å²) in [7, 11) is 0. The monoisotopic (exact) mass is 666 g/mol. The normalized spacial score (nSPS) is 13.0. The fraction of sp³-hybridized carbons (Fsp3) is 0.324. The summed E-state index contributed by atoms with van der Waals surface area (Å²) in [5, 5.41) is 11.1. The van der Waals surface area contributed by atoms with Gasteiger partial charge < -0.3 is 35.4 Å². The lowest BCUT2D eigenvalue weighted by atomic mass is 9.95. The number of hydrogen-bond acceptors (Lipinski definition) is 7. The molecule has 0 bridgehead atoms. The highest BCUT2D eigenvalue weighted by molar-refractivity contribution is 5.99. The Balaban J connectivity index is 1.40. The maximum absolute atomic E-state index is 13.9. The van der Waals surface area contributed by atoms with Crippen LogP contribution in [0.1, 0.15) is 64.4 Å². The van der Waals surface area contributed by atoms with Crippen LogP contribution in [-0.4, -0.2) is 62.6 Å². The van der Waals surface area contributed by atoms with Gasteiger partial charge in [-0.05, 0) is 75.6 Å². The zero-order chi connectivity index (χ0) is 35.3. The summed E-state index contributed by atoms with van der Waals surface area (Å²) in [6, 6.07) is 20.1. The number of hydrogen-bond donors (Lipinski definition) is 5. The number of ether oxygens (including phenoxy) is 2. The summed E-state index contributed by atoms with van der Waals surface area (Å²) >= 11 is 0. The number of imidazole rings is 1. The predicted octanol–water partition coefficient (Wildman–Crippen LogP) is 5.71. The van der Waals surface area contributed by atoms with Crippen molar-refractivity contribution < 1.29 is 28.7 Å². The molecule has 0 radical (unpaired) electrons. The van der Waals surface area contributed by atoms with Crippen LogP contribution in [0.15, 0.2) is 79.1 Å². The van der Waals surface area contributed by atoms with Crippen LogP contribution in [0, 0.1) is 0 Å². The smallest absolute Gasteiger partial charge is 0.408 e. The first-order valence-electron chi connectivity index (χ1n) is 16.1. The molecule has 0 saturated carbocycles. The van der Waals surface area contributed by atoms with Crippen molar-refractivity contribution in [3.8, 4) is 0 Å². The van der Waals surface area contributed by atoms with Gasteiger partial charge in [0.15, 0.2) is 0 Å². The van der Waals surface area contributed by atoms with Crippen molar-refractivity contribution in [1.29, 1.82) is 0 Å². The van der Waals surface area contributed by atoms with E-state index in [0.29, 0.717) is 5.56 Å². The number of aromatic amines is 2. The van der Waals surface area contributed by atoms with Crippen molar-refractivity contribution >= 4 is 51.4 Å². The van der Waals surface area contributed by atoms with Crippen LogP contribution in [0.4, 0.5) is 10.6 Å². The van der Waals surface area contributed by atoms with E-state index < -0.39 is 47.0 Å². The van der Waals surface area contributed by atoms with Gasteiger partial charge in [0, 0.05) is 23.5 Å². The number of fused-ring (bicyclic) bond motifs is 2. The molecule has 0 aliphatic carbocycles. The van der Waals surface area contributed by atoms with Gasteiger partial charge in [-0.15, -0.1) is 0 Å². The maximum atomic E-state index is 13.9. The third-order valence-corrected chi connectivity index (χ3v) is 7.86. The number of nitrogens with zero attached hydrogens (tertiary/aromatic N) is 1. The molecule has 2 aromatic heterocycles. The number of rotatable bonds is 11. The third-order valence-electron chi connectivity index (χ3n) is 7.86. The Morgan fingerprint density at radius 3 is 2.37 bits per heavy atom. The molecule has 3 amide bonds. The van der Waals surface area contributed by atoms with E-state index >= 15 is 0 Å². The standard InChI is InChI=1S/C37H42N6O6/c1-7-48-33(45)30(24-17-16-22-12-8-9-13-23(22)18-24)31-39-21-29(41-31)42-32(44)28(19-25-20-38-27-15-11-10-14-26(25)27)40-34(46)37(5,6)43-35(47)49-36(2,3)4/h8-18,20-21,28,30,38H,7,19H2,1-6H3,(H,39,41)(H,40,46)(H,42,44)(H,43,47)/t28-,30?/m1/s1. The lowest BCUT2D eigenvalue weighted by Gasteiger charge is -2.29. The minimum absolute atomic E-state index is 0.133. The zero-order valence-corrected chi connectivity index (χ0v) is 28.5. The van der Waals surface area contributed by atoms with Crippen LogP contribution in [-0.2, 0) is 30.3 Å². The molecule has 0 aliphatic heterocycles. The van der Waals surface area contributed by atoms with Crippen LogP contribution in [0.5, 0.6) is 0 Å². The van der Waals surface area contributed by atoms with Gasteiger partial charge in [0.2, 0.25) is 11.8 Å². The lowest BCUT2D eigenvalue weighted by molar-refractivity contribution is -0.144. The fourth-order valence-electron chi connectivity index (χ4n) is 5.47. The van der Waals surface area contributed by atoms with Crippen molar-refractivity contribution in [2.24, 2.45) is 0 Å². The van der Waals surface area contributed by atoms with Gasteiger partial charge in [-0.3, -0.25) is 14.4 Å². The lowest BCUT2D eigenvalue weighted by Crippen LogP contribution is -2.59. The van der Waals surface area contributed by atoms with Crippen LogP contribution in [0.25, 0.3) is 21.7 Å². The van der Waals surface area contributed by atoms with Gasteiger partial charge in [-0.1, -0.05) is 54.6 Å². The van der Waals surface area contributed by atoms with E-state index in [0.717, 1.165) is 27.2 Å². The maximum Gasteiger partial charge on any atom is 0.408 e. The number of aromatic nitrogens is 3. The summed E-state index contributed by atoms with van der Waals surface area (Å²) in [6.45, 7) is 10.1. The van der Waals surface area contributed by atoms with E-state index in [2.05, 4.69) is 30.9 Å². The minimum atomic E-state index is -1.42. The van der Waals surface area contributed by atoms with E-state index in [4.69, 9.17) is 9.47 Å². The van der Waals surface area contributed by atoms with Crippen LogP contribution in [0.3, 0.4) is 0 Å². The molecule has 5 N–H and O–H groups in total. The molecule has 0 saturated heterocycles. The Bertz CT molecular complexity index is 1990. The van der Waals surface area contributed by atoms with Crippen molar-refractivity contribution in [1.82, 2.24) is 25.6 Å². The minimum Gasteiger partial charge on any atom is -0.465 e. The Morgan fingerprint density at radius 2 is 1.63 bits per heavy atom. The molecule has 2 heterocycles. The second-order valence-electron chi connectivity index (χ2n) is 13.3. The fourth-order valence-corrected chi connectivity index (χ4v) is 5.47. The summed E-state index contributed by atoms with van der Waals surface area (Å²) in [5.41, 5.74) is 0.172. The molecule has 0 aliphatic rings. The summed E-state index contributed by atoms with van der Waals surface area (Å²) in [5.74, 6) is -2.00. The zero-order valence-electron chi connectivity index (χ0n) is 28.5. The van der Waals surface area contributed by atoms with Gasteiger partial charge in [0.25, 0.3) is 0 Å². The number of nitrogens with one attached hydrogen (secondary N) is 5. The van der Waals surface area contributed by atoms with Crippen LogP contribution < -0.4 is 16.0 Å². The average Bonchev–Trinajstić information content (AvgIpc) is 3.66. The molecule has 3 aromatic carbocycles. The average molecular weight is 667 g/mol. The quantitative estimate of drug-likeness (QED) is 0.113. The van der Waals surface area contributed by atoms with Crippen molar-refractivity contribution in [3.05, 3.63) is 96.1 Å². The Labute approximate surface area is 284 Å². The number of para-hydroxylation sites is 1. The van der Waals surface area contributed by atoms with Crippen LogP contribution in [0.2, 0.25) is 0 Å². The number of esters is 1. The molecule has 5 aromatic rings. The van der Waals surface area contributed by atoms with Crippen molar-refractivity contribution in [3.63, 3.8) is 0 Å². The van der Waals surface area contributed by atoms with Gasteiger partial charge in [0.05, 0.1) is 12.8 Å². The summed E-state index contributed by atoms with van der Waals surface area (Å²) < 4.78 is 10.7. The van der Waals surface area contributed by atoms with E-state index in [9.17, 15) is 19.2 Å². The number of carbonyl (C=O) groups is 4. The highest BCUT2D eigenvalue weighted by atomic mass is 16.6. The number of carbonyl (C=O) groups excluding carboxylic acids is 4. The van der Waals surface area contributed by atoms with Crippen molar-refractivity contribution in [2.45, 2.75) is 71.1 Å². The molecular formula is C37H42N6O6. The number of H-pyrrole nitrogens is 2. The second kappa shape index (κ2) is 14.2. The number of amides is 3.